The van der Waals surface area contributed by atoms with Crippen LogP contribution in [0.3, 0.4) is 0 Å². The second-order valence-electron chi connectivity index (χ2n) is 5.29. The number of pyridine rings is 1. The van der Waals surface area contributed by atoms with Crippen LogP contribution < -0.4 is 10.2 Å². The van der Waals surface area contributed by atoms with Gasteiger partial charge in [-0.25, -0.2) is 9.97 Å². The van der Waals surface area contributed by atoms with Gasteiger partial charge in [0.2, 0.25) is 0 Å². The standard InChI is InChI=1S/C15H20N4OS/c1-10(2)15-18-12(9-21-15)14(20)16-8-11-6-5-7-13(17-11)19(3)4/h5-7,9-10H,8H2,1-4H3,(H,16,20). The van der Waals surface area contributed by atoms with Crippen LogP contribution in [0.25, 0.3) is 0 Å². The molecule has 0 saturated heterocycles. The third kappa shape index (κ3) is 4.01. The molecule has 0 aliphatic heterocycles. The zero-order valence-corrected chi connectivity index (χ0v) is 13.6. The highest BCUT2D eigenvalue weighted by molar-refractivity contribution is 7.09. The number of carbonyl (C=O) groups is 1. The number of anilines is 1. The molecule has 1 N–H and O–H groups in total. The van der Waals surface area contributed by atoms with Crippen molar-refractivity contribution in [1.82, 2.24) is 15.3 Å². The van der Waals surface area contributed by atoms with Gasteiger partial charge in [0.05, 0.1) is 17.2 Å². The van der Waals surface area contributed by atoms with E-state index in [1.165, 1.54) is 11.3 Å². The average molecular weight is 304 g/mol. The number of aromatic nitrogens is 2. The van der Waals surface area contributed by atoms with E-state index in [0.29, 0.717) is 18.2 Å². The summed E-state index contributed by atoms with van der Waals surface area (Å²) in [6.45, 7) is 4.53. The lowest BCUT2D eigenvalue weighted by atomic mass is 10.2. The highest BCUT2D eigenvalue weighted by Gasteiger charge is 2.12. The lowest BCUT2D eigenvalue weighted by Crippen LogP contribution is -2.24. The van der Waals surface area contributed by atoms with E-state index in [1.807, 2.05) is 37.2 Å². The van der Waals surface area contributed by atoms with Crippen molar-refractivity contribution >= 4 is 23.1 Å². The fraction of sp³-hybridized carbons (Fsp3) is 0.400. The first-order valence-electron chi connectivity index (χ1n) is 6.84. The molecular formula is C15H20N4OS. The first-order valence-corrected chi connectivity index (χ1v) is 7.72. The van der Waals surface area contributed by atoms with Crippen molar-refractivity contribution in [2.45, 2.75) is 26.3 Å². The van der Waals surface area contributed by atoms with Crippen LogP contribution in [-0.4, -0.2) is 30.0 Å². The molecule has 0 spiro atoms. The lowest BCUT2D eigenvalue weighted by molar-refractivity contribution is 0.0946. The van der Waals surface area contributed by atoms with Crippen LogP contribution in [0.5, 0.6) is 0 Å². The smallest absolute Gasteiger partial charge is 0.271 e. The van der Waals surface area contributed by atoms with Gasteiger partial charge in [0.25, 0.3) is 5.91 Å². The Morgan fingerprint density at radius 3 is 2.71 bits per heavy atom. The van der Waals surface area contributed by atoms with Crippen LogP contribution in [0.2, 0.25) is 0 Å². The quantitative estimate of drug-likeness (QED) is 0.922. The van der Waals surface area contributed by atoms with E-state index in [1.54, 1.807) is 5.38 Å². The third-order valence-corrected chi connectivity index (χ3v) is 4.07. The van der Waals surface area contributed by atoms with Gasteiger partial charge in [0.15, 0.2) is 0 Å². The van der Waals surface area contributed by atoms with Crippen LogP contribution in [0, 0.1) is 0 Å². The maximum Gasteiger partial charge on any atom is 0.271 e. The van der Waals surface area contributed by atoms with Gasteiger partial charge in [-0.15, -0.1) is 11.3 Å². The van der Waals surface area contributed by atoms with Crippen molar-refractivity contribution < 1.29 is 4.79 Å². The molecule has 21 heavy (non-hydrogen) atoms. The Hall–Kier alpha value is -1.95. The molecule has 2 aromatic heterocycles. The van der Waals surface area contributed by atoms with Gasteiger partial charge in [0, 0.05) is 25.4 Å². The van der Waals surface area contributed by atoms with Gasteiger partial charge in [-0.3, -0.25) is 4.79 Å². The molecule has 2 heterocycles. The molecule has 0 unspecified atom stereocenters. The zero-order chi connectivity index (χ0) is 15.4. The largest absolute Gasteiger partial charge is 0.363 e. The number of nitrogens with zero attached hydrogens (tertiary/aromatic N) is 3. The predicted octanol–water partition coefficient (Wildman–Crippen LogP) is 2.66. The van der Waals surface area contributed by atoms with Crippen molar-refractivity contribution in [3.05, 3.63) is 40.0 Å². The van der Waals surface area contributed by atoms with Gasteiger partial charge in [-0.05, 0) is 12.1 Å². The SMILES string of the molecule is CC(C)c1nc(C(=O)NCc2cccc(N(C)C)n2)cs1. The molecule has 0 bridgehead atoms. The van der Waals surface area contributed by atoms with E-state index in [-0.39, 0.29) is 5.91 Å². The normalized spacial score (nSPS) is 10.7. The molecule has 0 aromatic carbocycles. The Labute approximate surface area is 129 Å². The fourth-order valence-corrected chi connectivity index (χ4v) is 2.55. The molecule has 0 aliphatic carbocycles. The number of nitrogens with one attached hydrogen (secondary N) is 1. The van der Waals surface area contributed by atoms with Crippen LogP contribution in [0.1, 0.15) is 41.0 Å². The Morgan fingerprint density at radius 1 is 1.33 bits per heavy atom. The summed E-state index contributed by atoms with van der Waals surface area (Å²) in [5.41, 5.74) is 1.31. The predicted molar refractivity (Wildman–Crippen MR) is 85.9 cm³/mol. The third-order valence-electron chi connectivity index (χ3n) is 2.93. The molecule has 0 radical (unpaired) electrons. The highest BCUT2D eigenvalue weighted by Crippen LogP contribution is 2.19. The van der Waals surface area contributed by atoms with Crippen molar-refractivity contribution in [3.8, 4) is 0 Å². The molecule has 0 aliphatic rings. The minimum atomic E-state index is -0.157. The summed E-state index contributed by atoms with van der Waals surface area (Å²) in [4.78, 5) is 22.8. The highest BCUT2D eigenvalue weighted by atomic mass is 32.1. The summed E-state index contributed by atoms with van der Waals surface area (Å²) < 4.78 is 0. The van der Waals surface area contributed by atoms with E-state index in [9.17, 15) is 4.79 Å². The summed E-state index contributed by atoms with van der Waals surface area (Å²) in [5.74, 6) is 1.06. The Bertz CT molecular complexity index is 622. The molecule has 112 valence electrons. The molecule has 1 amide bonds. The minimum Gasteiger partial charge on any atom is -0.363 e. The molecule has 0 atom stereocenters. The van der Waals surface area contributed by atoms with E-state index in [4.69, 9.17) is 0 Å². The molecular weight excluding hydrogens is 284 g/mol. The summed E-state index contributed by atoms with van der Waals surface area (Å²) in [6, 6.07) is 5.76. The van der Waals surface area contributed by atoms with E-state index >= 15 is 0 Å². The number of hydrogen-bond acceptors (Lipinski definition) is 5. The van der Waals surface area contributed by atoms with Crippen LogP contribution >= 0.6 is 11.3 Å². The Morgan fingerprint density at radius 2 is 2.10 bits per heavy atom. The Balaban J connectivity index is 1.98. The van der Waals surface area contributed by atoms with Crippen molar-refractivity contribution in [3.63, 3.8) is 0 Å². The number of carbonyl (C=O) groups excluding carboxylic acids is 1. The molecule has 6 heteroatoms. The first kappa shape index (κ1) is 15.4. The number of thiazole rings is 1. The van der Waals surface area contributed by atoms with Crippen LogP contribution in [-0.2, 0) is 6.54 Å². The van der Waals surface area contributed by atoms with E-state index in [0.717, 1.165) is 16.5 Å². The van der Waals surface area contributed by atoms with E-state index in [2.05, 4.69) is 29.1 Å². The number of amides is 1. The topological polar surface area (TPSA) is 58.1 Å². The van der Waals surface area contributed by atoms with Crippen molar-refractivity contribution in [2.75, 3.05) is 19.0 Å². The summed E-state index contributed by atoms with van der Waals surface area (Å²) in [7, 11) is 3.88. The summed E-state index contributed by atoms with van der Waals surface area (Å²) in [5, 5.41) is 5.64. The van der Waals surface area contributed by atoms with E-state index < -0.39 is 0 Å². The van der Waals surface area contributed by atoms with Gasteiger partial charge in [0.1, 0.15) is 11.5 Å². The Kier molecular flexibility index (Phi) is 4.90. The fourth-order valence-electron chi connectivity index (χ4n) is 1.73. The maximum atomic E-state index is 12.1. The molecule has 5 nitrogen and oxygen atoms in total. The second kappa shape index (κ2) is 6.67. The molecule has 2 rings (SSSR count). The summed E-state index contributed by atoms with van der Waals surface area (Å²) in [6.07, 6.45) is 0. The minimum absolute atomic E-state index is 0.157. The van der Waals surface area contributed by atoms with Crippen molar-refractivity contribution in [1.29, 1.82) is 0 Å². The second-order valence-corrected chi connectivity index (χ2v) is 6.18. The van der Waals surface area contributed by atoms with Crippen LogP contribution in [0.15, 0.2) is 23.6 Å². The number of rotatable bonds is 5. The van der Waals surface area contributed by atoms with Gasteiger partial charge < -0.3 is 10.2 Å². The maximum absolute atomic E-state index is 12.1. The molecule has 0 saturated carbocycles. The van der Waals surface area contributed by atoms with Gasteiger partial charge >= 0.3 is 0 Å². The first-order chi connectivity index (χ1) is 9.97. The van der Waals surface area contributed by atoms with Crippen LogP contribution in [0.4, 0.5) is 5.82 Å². The zero-order valence-electron chi connectivity index (χ0n) is 12.8. The monoisotopic (exact) mass is 304 g/mol. The van der Waals surface area contributed by atoms with Gasteiger partial charge in [-0.2, -0.15) is 0 Å². The average Bonchev–Trinajstić information content (AvgIpc) is 2.95. The lowest BCUT2D eigenvalue weighted by Gasteiger charge is -2.12. The van der Waals surface area contributed by atoms with Gasteiger partial charge in [-0.1, -0.05) is 19.9 Å². The molecule has 2 aromatic rings. The summed E-state index contributed by atoms with van der Waals surface area (Å²) >= 11 is 1.52. The molecule has 0 fully saturated rings. The van der Waals surface area contributed by atoms with Crippen molar-refractivity contribution in [2.24, 2.45) is 0 Å². The number of hydrogen-bond donors (Lipinski definition) is 1.